The van der Waals surface area contributed by atoms with Crippen molar-refractivity contribution in [2.45, 2.75) is 6.92 Å². The number of anilines is 1. The fraction of sp³-hybridized carbons (Fsp3) is 0.0526. The molecule has 0 aliphatic carbocycles. The number of rotatable bonds is 3. The molecule has 0 fully saturated rings. The fourth-order valence-electron chi connectivity index (χ4n) is 2.75. The number of aryl methyl sites for hydroxylation is 1. The first-order valence-corrected chi connectivity index (χ1v) is 9.24. The summed E-state index contributed by atoms with van der Waals surface area (Å²) in [5.41, 5.74) is 3.80. The first kappa shape index (κ1) is 17.6. The molecular formula is C19H13BrClN5O. The number of carbonyl (C=O) groups excluding carboxylic acids is 1. The summed E-state index contributed by atoms with van der Waals surface area (Å²) >= 11 is 9.38. The summed E-state index contributed by atoms with van der Waals surface area (Å²) in [4.78, 5) is 12.6. The molecule has 134 valence electrons. The predicted octanol–water partition coefficient (Wildman–Crippen LogP) is 4.77. The van der Waals surface area contributed by atoms with Crippen molar-refractivity contribution in [3.63, 3.8) is 0 Å². The van der Waals surface area contributed by atoms with Gasteiger partial charge in [-0.2, -0.15) is 5.10 Å². The molecule has 2 aromatic carbocycles. The van der Waals surface area contributed by atoms with Gasteiger partial charge < -0.3 is 5.32 Å². The van der Waals surface area contributed by atoms with Gasteiger partial charge in [0.05, 0.1) is 11.9 Å². The third-order valence-corrected chi connectivity index (χ3v) is 4.87. The Morgan fingerprint density at radius 1 is 1.15 bits per heavy atom. The van der Waals surface area contributed by atoms with Gasteiger partial charge in [0.15, 0.2) is 11.3 Å². The second-order valence-corrected chi connectivity index (χ2v) is 7.25. The lowest BCUT2D eigenvalue weighted by Crippen LogP contribution is -2.18. The van der Waals surface area contributed by atoms with Crippen LogP contribution < -0.4 is 5.32 Å². The first-order chi connectivity index (χ1) is 13.0. The van der Waals surface area contributed by atoms with Crippen LogP contribution in [0.1, 0.15) is 16.2 Å². The van der Waals surface area contributed by atoms with E-state index in [0.717, 1.165) is 15.6 Å². The average molecular weight is 443 g/mol. The van der Waals surface area contributed by atoms with Gasteiger partial charge in [0.2, 0.25) is 0 Å². The van der Waals surface area contributed by atoms with Gasteiger partial charge in [-0.25, -0.2) is 4.52 Å². The molecule has 0 aliphatic rings. The molecule has 8 heteroatoms. The van der Waals surface area contributed by atoms with E-state index >= 15 is 0 Å². The summed E-state index contributed by atoms with van der Waals surface area (Å²) in [5.74, 6) is -0.371. The lowest BCUT2D eigenvalue weighted by atomic mass is 10.1. The number of fused-ring (bicyclic) bond motifs is 1. The molecule has 0 unspecified atom stereocenters. The number of benzene rings is 2. The minimum Gasteiger partial charge on any atom is -0.320 e. The smallest absolute Gasteiger partial charge is 0.278 e. The van der Waals surface area contributed by atoms with E-state index in [-0.39, 0.29) is 11.6 Å². The number of hydrogen-bond acceptors (Lipinski definition) is 4. The van der Waals surface area contributed by atoms with Crippen molar-refractivity contribution >= 4 is 44.8 Å². The van der Waals surface area contributed by atoms with E-state index in [1.807, 2.05) is 24.3 Å². The minimum atomic E-state index is -0.371. The van der Waals surface area contributed by atoms with E-state index < -0.39 is 0 Å². The van der Waals surface area contributed by atoms with Crippen molar-refractivity contribution in [1.82, 2.24) is 19.8 Å². The molecule has 4 aromatic rings. The van der Waals surface area contributed by atoms with Crippen molar-refractivity contribution in [3.05, 3.63) is 75.6 Å². The Labute approximate surface area is 168 Å². The number of nitrogens with one attached hydrogen (secondary N) is 1. The second-order valence-electron chi connectivity index (χ2n) is 5.90. The Hall–Kier alpha value is -2.77. The van der Waals surface area contributed by atoms with Gasteiger partial charge >= 0.3 is 0 Å². The van der Waals surface area contributed by atoms with E-state index in [1.165, 1.54) is 0 Å². The monoisotopic (exact) mass is 441 g/mol. The highest BCUT2D eigenvalue weighted by Gasteiger charge is 2.18. The van der Waals surface area contributed by atoms with Crippen molar-refractivity contribution in [2.75, 3.05) is 5.32 Å². The van der Waals surface area contributed by atoms with Gasteiger partial charge in [0.25, 0.3) is 5.91 Å². The molecule has 0 aliphatic heterocycles. The van der Waals surface area contributed by atoms with E-state index in [2.05, 4.69) is 36.5 Å². The topological polar surface area (TPSA) is 72.2 Å². The maximum absolute atomic E-state index is 12.6. The standard InChI is InChI=1S/C19H13BrClN5O/c1-11-17(19(27)23-15-4-2-3-14(21)9-15)24-25-18-16(10-22-26(11)18)12-5-7-13(20)8-6-12/h2-10H,1H3,(H,23,27). The van der Waals surface area contributed by atoms with Crippen LogP contribution in [0.5, 0.6) is 0 Å². The Kier molecular flexibility index (Phi) is 4.63. The number of carbonyl (C=O) groups is 1. The molecule has 27 heavy (non-hydrogen) atoms. The zero-order chi connectivity index (χ0) is 19.0. The predicted molar refractivity (Wildman–Crippen MR) is 108 cm³/mol. The van der Waals surface area contributed by atoms with Crippen molar-refractivity contribution in [1.29, 1.82) is 0 Å². The SMILES string of the molecule is Cc1c(C(=O)Nc2cccc(Cl)c2)nnc2c(-c3ccc(Br)cc3)cnn12. The van der Waals surface area contributed by atoms with Gasteiger partial charge in [0.1, 0.15) is 0 Å². The largest absolute Gasteiger partial charge is 0.320 e. The molecule has 0 radical (unpaired) electrons. The number of nitrogens with zero attached hydrogens (tertiary/aromatic N) is 4. The number of aromatic nitrogens is 4. The summed E-state index contributed by atoms with van der Waals surface area (Å²) in [7, 11) is 0. The van der Waals surface area contributed by atoms with Crippen molar-refractivity contribution < 1.29 is 4.79 Å². The highest BCUT2D eigenvalue weighted by atomic mass is 79.9. The zero-order valence-corrected chi connectivity index (χ0v) is 16.5. The molecular weight excluding hydrogens is 430 g/mol. The molecule has 0 saturated carbocycles. The molecule has 2 aromatic heterocycles. The molecule has 0 atom stereocenters. The maximum atomic E-state index is 12.6. The number of hydrogen-bond donors (Lipinski definition) is 1. The van der Waals surface area contributed by atoms with E-state index in [0.29, 0.717) is 22.1 Å². The summed E-state index contributed by atoms with van der Waals surface area (Å²) in [6, 6.07) is 14.8. The van der Waals surface area contributed by atoms with Crippen LogP contribution >= 0.6 is 27.5 Å². The molecule has 2 heterocycles. The quantitative estimate of drug-likeness (QED) is 0.496. The van der Waals surface area contributed by atoms with Crippen LogP contribution in [0.4, 0.5) is 5.69 Å². The third-order valence-electron chi connectivity index (χ3n) is 4.10. The molecule has 0 saturated heterocycles. The highest BCUT2D eigenvalue weighted by molar-refractivity contribution is 9.10. The van der Waals surface area contributed by atoms with Gasteiger partial charge in [0, 0.05) is 20.7 Å². The Bertz CT molecular complexity index is 1160. The summed E-state index contributed by atoms with van der Waals surface area (Å²) in [5, 5.41) is 16.1. The molecule has 4 rings (SSSR count). The Morgan fingerprint density at radius 2 is 1.93 bits per heavy atom. The van der Waals surface area contributed by atoms with Gasteiger partial charge in [-0.05, 0) is 42.8 Å². The minimum absolute atomic E-state index is 0.202. The van der Waals surface area contributed by atoms with Crippen LogP contribution in [0.25, 0.3) is 16.8 Å². The molecule has 6 nitrogen and oxygen atoms in total. The first-order valence-electron chi connectivity index (χ1n) is 8.07. The number of halogens is 2. The molecule has 1 amide bonds. The van der Waals surface area contributed by atoms with Crippen molar-refractivity contribution in [3.8, 4) is 11.1 Å². The van der Waals surface area contributed by atoms with Crippen LogP contribution in [0.2, 0.25) is 5.02 Å². The van der Waals surface area contributed by atoms with E-state index in [9.17, 15) is 4.79 Å². The Balaban J connectivity index is 1.70. The van der Waals surface area contributed by atoms with Gasteiger partial charge in [-0.1, -0.05) is 45.7 Å². The number of amides is 1. The average Bonchev–Trinajstić information content (AvgIpc) is 3.07. The van der Waals surface area contributed by atoms with Crippen molar-refractivity contribution in [2.24, 2.45) is 0 Å². The lowest BCUT2D eigenvalue weighted by Gasteiger charge is -2.08. The van der Waals surface area contributed by atoms with Gasteiger partial charge in [-0.3, -0.25) is 4.79 Å². The van der Waals surface area contributed by atoms with Crippen LogP contribution in [-0.2, 0) is 0 Å². The van der Waals surface area contributed by atoms with Gasteiger partial charge in [-0.15, -0.1) is 10.2 Å². The second kappa shape index (κ2) is 7.09. The third kappa shape index (κ3) is 3.43. The van der Waals surface area contributed by atoms with Crippen LogP contribution in [-0.4, -0.2) is 25.7 Å². The molecule has 1 N–H and O–H groups in total. The van der Waals surface area contributed by atoms with Crippen LogP contribution in [0.15, 0.2) is 59.2 Å². The lowest BCUT2D eigenvalue weighted by molar-refractivity contribution is 0.102. The normalized spacial score (nSPS) is 10.9. The molecule has 0 bridgehead atoms. The van der Waals surface area contributed by atoms with E-state index in [4.69, 9.17) is 11.6 Å². The van der Waals surface area contributed by atoms with Crippen LogP contribution in [0, 0.1) is 6.92 Å². The maximum Gasteiger partial charge on any atom is 0.278 e. The summed E-state index contributed by atoms with van der Waals surface area (Å²) < 4.78 is 2.61. The van der Waals surface area contributed by atoms with Crippen LogP contribution in [0.3, 0.4) is 0 Å². The summed E-state index contributed by atoms with van der Waals surface area (Å²) in [6.07, 6.45) is 1.72. The fourth-order valence-corrected chi connectivity index (χ4v) is 3.21. The van der Waals surface area contributed by atoms with E-state index in [1.54, 1.807) is 41.9 Å². The molecule has 0 spiro atoms. The summed E-state index contributed by atoms with van der Waals surface area (Å²) in [6.45, 7) is 1.78. The Morgan fingerprint density at radius 3 is 2.67 bits per heavy atom. The highest BCUT2D eigenvalue weighted by Crippen LogP contribution is 2.25. The zero-order valence-electron chi connectivity index (χ0n) is 14.1.